The van der Waals surface area contributed by atoms with Crippen molar-refractivity contribution in [3.63, 3.8) is 0 Å². The molecule has 0 amide bonds. The lowest BCUT2D eigenvalue weighted by Crippen LogP contribution is -2.36. The molecule has 3 heterocycles. The lowest BCUT2D eigenvalue weighted by molar-refractivity contribution is 0.122. The second-order valence-corrected chi connectivity index (χ2v) is 9.14. The number of aryl methyl sites for hydroxylation is 1. The van der Waals surface area contributed by atoms with Gasteiger partial charge < -0.3 is 20.8 Å². The average molecular weight is 448 g/mol. The predicted molar refractivity (Wildman–Crippen MR) is 136 cm³/mol. The van der Waals surface area contributed by atoms with Crippen molar-refractivity contribution in [2.75, 3.05) is 36.9 Å². The molecule has 0 radical (unpaired) electrons. The van der Waals surface area contributed by atoms with Gasteiger partial charge in [0, 0.05) is 41.0 Å². The summed E-state index contributed by atoms with van der Waals surface area (Å²) in [5.41, 5.74) is 12.7. The highest BCUT2D eigenvalue weighted by atomic mass is 32.1. The van der Waals surface area contributed by atoms with Crippen LogP contribution in [-0.4, -0.2) is 42.5 Å². The van der Waals surface area contributed by atoms with Crippen molar-refractivity contribution in [2.45, 2.75) is 27.7 Å². The number of nitrogens with one attached hydrogen (secondary N) is 1. The summed E-state index contributed by atoms with van der Waals surface area (Å²) in [6, 6.07) is 5.62. The van der Waals surface area contributed by atoms with Gasteiger partial charge in [0.15, 0.2) is 11.6 Å². The topological polar surface area (TPSA) is 88.1 Å². The molecule has 0 bridgehead atoms. The fraction of sp³-hybridized carbons (Fsp3) is 0.320. The summed E-state index contributed by atoms with van der Waals surface area (Å²) in [6.07, 6.45) is 5.65. The summed E-state index contributed by atoms with van der Waals surface area (Å²) in [4.78, 5) is 13.5. The van der Waals surface area contributed by atoms with E-state index in [1.54, 1.807) is 17.4 Å². The number of anilines is 2. The van der Waals surface area contributed by atoms with Gasteiger partial charge in [0.1, 0.15) is 0 Å². The minimum absolute atomic E-state index is 0.552. The zero-order chi connectivity index (χ0) is 22.8. The Morgan fingerprint density at radius 2 is 1.97 bits per heavy atom. The van der Waals surface area contributed by atoms with E-state index in [-0.39, 0.29) is 0 Å². The number of nitrogens with zero attached hydrogens (tertiary/aromatic N) is 3. The summed E-state index contributed by atoms with van der Waals surface area (Å²) in [5, 5.41) is 7.88. The Morgan fingerprint density at radius 3 is 2.62 bits per heavy atom. The molecule has 32 heavy (non-hydrogen) atoms. The summed E-state index contributed by atoms with van der Waals surface area (Å²) in [6.45, 7) is 11.4. The molecule has 1 saturated heterocycles. The van der Waals surface area contributed by atoms with Gasteiger partial charge in [-0.3, -0.25) is 0 Å². The van der Waals surface area contributed by atoms with E-state index in [1.807, 2.05) is 12.1 Å². The number of ether oxygens (including phenoxy) is 1. The van der Waals surface area contributed by atoms with Crippen molar-refractivity contribution >= 4 is 44.8 Å². The highest BCUT2D eigenvalue weighted by molar-refractivity contribution is 7.20. The first-order valence-corrected chi connectivity index (χ1v) is 11.6. The quantitative estimate of drug-likeness (QED) is 0.308. The van der Waals surface area contributed by atoms with Gasteiger partial charge >= 0.3 is 0 Å². The smallest absolute Gasteiger partial charge is 0.162 e. The largest absolute Gasteiger partial charge is 0.398 e. The molecule has 1 aliphatic heterocycles. The van der Waals surface area contributed by atoms with Crippen molar-refractivity contribution in [1.82, 2.24) is 9.97 Å². The van der Waals surface area contributed by atoms with Crippen LogP contribution in [0.4, 0.5) is 11.5 Å². The monoisotopic (exact) mass is 447 g/mol. The lowest BCUT2D eigenvalue weighted by atomic mass is 10.0. The highest BCUT2D eigenvalue weighted by Crippen LogP contribution is 2.41. The van der Waals surface area contributed by atoms with Gasteiger partial charge in [-0.15, -0.1) is 11.3 Å². The van der Waals surface area contributed by atoms with Gasteiger partial charge in [-0.2, -0.15) is 0 Å². The van der Waals surface area contributed by atoms with Crippen molar-refractivity contribution < 1.29 is 4.74 Å². The number of hydrogen-bond acceptors (Lipinski definition) is 7. The lowest BCUT2D eigenvalue weighted by Gasteiger charge is -2.28. The highest BCUT2D eigenvalue weighted by Gasteiger charge is 2.23. The number of allylic oxidation sites excluding steroid dienone is 4. The third-order valence-corrected chi connectivity index (χ3v) is 6.93. The van der Waals surface area contributed by atoms with E-state index >= 15 is 0 Å². The van der Waals surface area contributed by atoms with E-state index in [4.69, 9.17) is 25.8 Å². The molecule has 0 atom stereocenters. The van der Waals surface area contributed by atoms with Crippen LogP contribution in [0.25, 0.3) is 27.2 Å². The van der Waals surface area contributed by atoms with Crippen molar-refractivity contribution in [2.24, 2.45) is 0 Å². The first kappa shape index (κ1) is 22.2. The molecule has 1 aromatic carbocycles. The Morgan fingerprint density at radius 1 is 1.22 bits per heavy atom. The molecule has 3 aromatic rings. The molecular weight excluding hydrogens is 418 g/mol. The Hall–Kier alpha value is -3.03. The Labute approximate surface area is 193 Å². The van der Waals surface area contributed by atoms with Crippen LogP contribution in [0.3, 0.4) is 0 Å². The molecule has 0 saturated carbocycles. The van der Waals surface area contributed by atoms with Gasteiger partial charge in [-0.1, -0.05) is 29.9 Å². The van der Waals surface area contributed by atoms with Crippen LogP contribution in [0.5, 0.6) is 0 Å². The van der Waals surface area contributed by atoms with Crippen LogP contribution in [0, 0.1) is 12.3 Å². The maximum Gasteiger partial charge on any atom is 0.162 e. The molecular formula is C25H29N5OS. The number of fused-ring (bicyclic) bond motifs is 1. The second kappa shape index (κ2) is 9.22. The summed E-state index contributed by atoms with van der Waals surface area (Å²) >= 11 is 1.75. The van der Waals surface area contributed by atoms with Crippen LogP contribution in [0.2, 0.25) is 0 Å². The maximum atomic E-state index is 7.88. The SMILES string of the molecule is C/C=C(\C=C(C)C)c1sc2c(N3CCOCC3)nc(-c3cccc(N)c3C=N)nc2c1C. The minimum Gasteiger partial charge on any atom is -0.398 e. The summed E-state index contributed by atoms with van der Waals surface area (Å²) < 4.78 is 6.67. The first-order chi connectivity index (χ1) is 15.4. The second-order valence-electron chi connectivity index (χ2n) is 8.12. The Balaban J connectivity index is 2.00. The molecule has 4 rings (SSSR count). The van der Waals surface area contributed by atoms with E-state index < -0.39 is 0 Å². The normalized spacial score (nSPS) is 14.6. The number of benzene rings is 1. The zero-order valence-corrected chi connectivity index (χ0v) is 19.8. The van der Waals surface area contributed by atoms with E-state index in [9.17, 15) is 0 Å². The number of thiophene rings is 1. The molecule has 1 fully saturated rings. The number of hydrogen-bond donors (Lipinski definition) is 2. The number of morpholine rings is 1. The van der Waals surface area contributed by atoms with Gasteiger partial charge in [-0.25, -0.2) is 9.97 Å². The first-order valence-electron chi connectivity index (χ1n) is 10.8. The molecule has 0 spiro atoms. The molecule has 7 heteroatoms. The summed E-state index contributed by atoms with van der Waals surface area (Å²) in [7, 11) is 0. The van der Waals surface area contributed by atoms with E-state index in [2.05, 4.69) is 44.7 Å². The van der Waals surface area contributed by atoms with Crippen LogP contribution >= 0.6 is 11.3 Å². The van der Waals surface area contributed by atoms with Crippen LogP contribution in [-0.2, 0) is 4.74 Å². The fourth-order valence-electron chi connectivity index (χ4n) is 3.99. The third-order valence-electron chi connectivity index (χ3n) is 5.60. The number of nitrogens with two attached hydrogens (primary N) is 1. The van der Waals surface area contributed by atoms with Gasteiger partial charge in [0.05, 0.1) is 23.4 Å². The van der Waals surface area contributed by atoms with Crippen LogP contribution in [0.1, 0.15) is 36.8 Å². The van der Waals surface area contributed by atoms with E-state index in [1.165, 1.54) is 22.2 Å². The molecule has 0 aliphatic carbocycles. The molecule has 1 aliphatic rings. The van der Waals surface area contributed by atoms with Gasteiger partial charge in [-0.05, 0) is 44.9 Å². The van der Waals surface area contributed by atoms with Crippen LogP contribution < -0.4 is 10.6 Å². The molecule has 166 valence electrons. The average Bonchev–Trinajstić information content (AvgIpc) is 3.13. The number of aromatic nitrogens is 2. The van der Waals surface area contributed by atoms with Crippen molar-refractivity contribution in [3.05, 3.63) is 51.9 Å². The Bertz CT molecular complexity index is 1230. The molecule has 3 N–H and O–H groups in total. The summed E-state index contributed by atoms with van der Waals surface area (Å²) in [5.74, 6) is 1.53. The molecule has 6 nitrogen and oxygen atoms in total. The van der Waals surface area contributed by atoms with Crippen molar-refractivity contribution in [3.8, 4) is 11.4 Å². The molecule has 0 unspecified atom stereocenters. The maximum absolute atomic E-state index is 7.88. The number of rotatable bonds is 5. The Kier molecular flexibility index (Phi) is 6.39. The zero-order valence-electron chi connectivity index (χ0n) is 19.0. The third kappa shape index (κ3) is 4.06. The number of nitrogen functional groups attached to an aromatic ring is 1. The van der Waals surface area contributed by atoms with Gasteiger partial charge in [0.25, 0.3) is 0 Å². The van der Waals surface area contributed by atoms with E-state index in [0.29, 0.717) is 30.3 Å². The van der Waals surface area contributed by atoms with Crippen molar-refractivity contribution in [1.29, 1.82) is 5.41 Å². The standard InChI is InChI=1S/C25H29N5OS/c1-5-17(13-15(2)3)22-16(4)21-23(32-22)25(30-9-11-31-12-10-30)29-24(28-21)18-7-6-8-20(27)19(18)14-26/h5-8,13-14,26H,9-12,27H2,1-4H3/b17-5+,26-14?. The van der Waals surface area contributed by atoms with Crippen LogP contribution in [0.15, 0.2) is 35.9 Å². The molecule has 2 aromatic heterocycles. The predicted octanol–water partition coefficient (Wildman–Crippen LogP) is 5.45. The fourth-order valence-corrected chi connectivity index (χ4v) is 5.30. The van der Waals surface area contributed by atoms with E-state index in [0.717, 1.165) is 40.3 Å². The minimum atomic E-state index is 0.552. The van der Waals surface area contributed by atoms with Gasteiger partial charge in [0.2, 0.25) is 0 Å².